The van der Waals surface area contributed by atoms with Crippen molar-refractivity contribution in [3.8, 4) is 17.2 Å². The highest BCUT2D eigenvalue weighted by Crippen LogP contribution is 2.43. The van der Waals surface area contributed by atoms with Gasteiger partial charge in [0.15, 0.2) is 22.9 Å². The van der Waals surface area contributed by atoms with E-state index in [9.17, 15) is 29.4 Å². The molecule has 8 rings (SSSR count). The zero-order valence-corrected chi connectivity index (χ0v) is 34.9. The summed E-state index contributed by atoms with van der Waals surface area (Å²) in [6.07, 6.45) is 14.8. The number of hydrogen-bond acceptors (Lipinski definition) is 10. The van der Waals surface area contributed by atoms with E-state index in [-0.39, 0.29) is 22.3 Å². The molecule has 2 aliphatic rings. The van der Waals surface area contributed by atoms with Gasteiger partial charge in [-0.25, -0.2) is 4.98 Å². The first kappa shape index (κ1) is 42.4. The molecule has 0 spiro atoms. The normalized spacial score (nSPS) is 15.3. The summed E-state index contributed by atoms with van der Waals surface area (Å²) >= 11 is 0. The lowest BCUT2D eigenvalue weighted by Gasteiger charge is -2.32. The van der Waals surface area contributed by atoms with Gasteiger partial charge in [-0.15, -0.1) is 0 Å². The smallest absolute Gasteiger partial charge is 0.280 e. The molecule has 6 aromatic rings. The minimum atomic E-state index is -0.789. The average molecular weight is 829 g/mol. The monoisotopic (exact) mass is 828 g/mol. The minimum absolute atomic E-state index is 0.139. The number of pyridine rings is 1. The number of nitrogens with one attached hydrogen (secondary N) is 2. The first-order chi connectivity index (χ1) is 29.4. The number of carbonyl (C=O) groups is 2. The summed E-state index contributed by atoms with van der Waals surface area (Å²) in [4.78, 5) is 54.1. The Kier molecular flexibility index (Phi) is 12.4. The Labute approximate surface area is 353 Å². The number of carbonyl (C=O) groups excluding carboxylic acids is 2. The number of benzene rings is 2. The van der Waals surface area contributed by atoms with E-state index in [0.29, 0.717) is 30.4 Å². The van der Waals surface area contributed by atoms with Gasteiger partial charge in [0.05, 0.1) is 38.1 Å². The lowest BCUT2D eigenvalue weighted by atomic mass is 9.79. The molecular formula is C46H52N8O7. The largest absolute Gasteiger partial charge is 0.503 e. The molecule has 15 nitrogen and oxygen atoms in total. The molecule has 318 valence electrons. The quantitative estimate of drug-likeness (QED) is 0.112. The van der Waals surface area contributed by atoms with Gasteiger partial charge in [0, 0.05) is 35.9 Å². The van der Waals surface area contributed by atoms with Crippen molar-refractivity contribution in [2.45, 2.75) is 95.2 Å². The predicted molar refractivity (Wildman–Crippen MR) is 232 cm³/mol. The third-order valence-electron chi connectivity index (χ3n) is 12.0. The topological polar surface area (TPSA) is 195 Å². The first-order valence-corrected chi connectivity index (χ1v) is 20.7. The molecule has 2 aliphatic carbocycles. The van der Waals surface area contributed by atoms with Crippen LogP contribution in [0.5, 0.6) is 17.2 Å². The van der Waals surface area contributed by atoms with Crippen LogP contribution in [0.3, 0.4) is 0 Å². The van der Waals surface area contributed by atoms with Crippen LogP contribution in [0.1, 0.15) is 103 Å². The molecule has 0 radical (unpaired) electrons. The standard InChI is InChI=1S/C24H25N3O4.C22H27N5O3/c1-31-19-11-9-18(10-12-19)25-23(30)21-22(29)20(28)15-27(26-21)16-24(13-5-6-14-24)17-7-3-2-4-8-17;1-14(2)16-11-27(20-15(16)7-6-10-24-20)22(8-4-5-9-22)13-26-12-17(28)19(29)18(25-26)21(30)23-3/h2-4,7-12,15,28H,5-6,13-14,16H2,1H3,(H,25,30);6-7,10-12,14,28H,4-5,8-9,13H2,1-3H3,(H,23,30). The number of anilines is 1. The second-order valence-electron chi connectivity index (χ2n) is 16.3. The molecule has 0 atom stereocenters. The number of aromatic hydroxyl groups is 2. The van der Waals surface area contributed by atoms with E-state index in [1.165, 1.54) is 39.9 Å². The number of nitrogens with zero attached hydrogens (tertiary/aromatic N) is 6. The van der Waals surface area contributed by atoms with E-state index < -0.39 is 34.2 Å². The Hall–Kier alpha value is -6.77. The third-order valence-corrected chi connectivity index (χ3v) is 12.0. The van der Waals surface area contributed by atoms with Crippen LogP contribution in [0, 0.1) is 0 Å². The molecule has 4 N–H and O–H groups in total. The third kappa shape index (κ3) is 8.77. The van der Waals surface area contributed by atoms with E-state index in [1.807, 2.05) is 24.3 Å². The van der Waals surface area contributed by atoms with Crippen molar-refractivity contribution in [2.75, 3.05) is 19.5 Å². The van der Waals surface area contributed by atoms with Crippen molar-refractivity contribution in [3.05, 3.63) is 134 Å². The lowest BCUT2D eigenvalue weighted by molar-refractivity contribution is 0.0951. The van der Waals surface area contributed by atoms with Gasteiger partial charge in [-0.2, -0.15) is 10.2 Å². The van der Waals surface area contributed by atoms with Crippen molar-refractivity contribution in [1.82, 2.24) is 34.4 Å². The maximum absolute atomic E-state index is 12.8. The van der Waals surface area contributed by atoms with E-state index in [4.69, 9.17) is 4.74 Å². The maximum atomic E-state index is 12.8. The average Bonchev–Trinajstić information content (AvgIpc) is 4.04. The fraction of sp³-hybridized carbons (Fsp3) is 0.370. The lowest BCUT2D eigenvalue weighted by Crippen LogP contribution is -2.37. The number of ether oxygens (including phenoxy) is 1. The molecule has 61 heavy (non-hydrogen) atoms. The van der Waals surface area contributed by atoms with Gasteiger partial charge < -0.3 is 30.2 Å². The highest BCUT2D eigenvalue weighted by atomic mass is 16.5. The zero-order valence-electron chi connectivity index (χ0n) is 34.9. The van der Waals surface area contributed by atoms with Gasteiger partial charge in [-0.05, 0) is 79.1 Å². The fourth-order valence-corrected chi connectivity index (χ4v) is 8.90. The molecule has 0 aliphatic heterocycles. The van der Waals surface area contributed by atoms with Crippen molar-refractivity contribution in [3.63, 3.8) is 0 Å². The number of fused-ring (bicyclic) bond motifs is 1. The molecule has 2 aromatic carbocycles. The molecular weight excluding hydrogens is 777 g/mol. The van der Waals surface area contributed by atoms with Gasteiger partial charge in [-0.3, -0.25) is 28.5 Å². The van der Waals surface area contributed by atoms with Crippen molar-refractivity contribution < 1.29 is 24.5 Å². The van der Waals surface area contributed by atoms with Crippen molar-refractivity contribution in [1.29, 1.82) is 0 Å². The molecule has 2 fully saturated rings. The fourth-order valence-electron chi connectivity index (χ4n) is 8.90. The van der Waals surface area contributed by atoms with Crippen LogP contribution in [0.25, 0.3) is 11.0 Å². The molecule has 2 saturated carbocycles. The molecule has 0 saturated heterocycles. The molecule has 2 amide bonds. The van der Waals surface area contributed by atoms with Gasteiger partial charge >= 0.3 is 0 Å². The summed E-state index contributed by atoms with van der Waals surface area (Å²) in [7, 11) is 2.99. The van der Waals surface area contributed by atoms with Crippen LogP contribution in [0.4, 0.5) is 5.69 Å². The number of hydrogen-bond donors (Lipinski definition) is 4. The molecule has 4 heterocycles. The van der Waals surface area contributed by atoms with E-state index in [0.717, 1.165) is 62.4 Å². The SMILES string of the molecule is CNC(=O)c1nn(CC2(n3cc(C(C)C)c4cccnc43)CCCC2)cc(O)c1=O.COc1ccc(NC(=O)c2nn(CC3(c4ccccc4)CCCC3)cc(O)c2=O)cc1. The first-order valence-electron chi connectivity index (χ1n) is 20.7. The van der Waals surface area contributed by atoms with Crippen LogP contribution in [0.15, 0.2) is 101 Å². The summed E-state index contributed by atoms with van der Waals surface area (Å²) in [6, 6.07) is 21.0. The van der Waals surface area contributed by atoms with Crippen LogP contribution in [-0.4, -0.2) is 65.3 Å². The zero-order chi connectivity index (χ0) is 43.3. The van der Waals surface area contributed by atoms with Gasteiger partial charge in [-0.1, -0.05) is 69.9 Å². The highest BCUT2D eigenvalue weighted by molar-refractivity contribution is 6.02. The Bertz CT molecular complexity index is 2640. The highest BCUT2D eigenvalue weighted by Gasteiger charge is 2.39. The molecule has 4 aromatic heterocycles. The second kappa shape index (κ2) is 17.8. The molecule has 0 unspecified atom stereocenters. The summed E-state index contributed by atoms with van der Waals surface area (Å²) in [5, 5.41) is 35.1. The Morgan fingerprint density at radius 3 is 1.95 bits per heavy atom. The van der Waals surface area contributed by atoms with E-state index >= 15 is 0 Å². The van der Waals surface area contributed by atoms with Gasteiger partial charge in [0.1, 0.15) is 11.4 Å². The summed E-state index contributed by atoms with van der Waals surface area (Å²) < 4.78 is 10.4. The predicted octanol–water partition coefficient (Wildman–Crippen LogP) is 6.47. The summed E-state index contributed by atoms with van der Waals surface area (Å²) in [5.74, 6) is -1.24. The van der Waals surface area contributed by atoms with Gasteiger partial charge in [0.2, 0.25) is 0 Å². The minimum Gasteiger partial charge on any atom is -0.503 e. The summed E-state index contributed by atoms with van der Waals surface area (Å²) in [6.45, 7) is 5.26. The van der Waals surface area contributed by atoms with Crippen LogP contribution in [-0.2, 0) is 24.0 Å². The molecule has 0 bridgehead atoms. The number of aromatic nitrogens is 6. The van der Waals surface area contributed by atoms with E-state index in [1.54, 1.807) is 37.6 Å². The molecule has 15 heteroatoms. The van der Waals surface area contributed by atoms with E-state index in [2.05, 4.69) is 68.6 Å². The van der Waals surface area contributed by atoms with Crippen molar-refractivity contribution in [2.24, 2.45) is 0 Å². The van der Waals surface area contributed by atoms with Crippen LogP contribution >= 0.6 is 0 Å². The van der Waals surface area contributed by atoms with Crippen LogP contribution in [0.2, 0.25) is 0 Å². The van der Waals surface area contributed by atoms with Gasteiger partial charge in [0.25, 0.3) is 22.7 Å². The number of rotatable bonds is 11. The second-order valence-corrected chi connectivity index (χ2v) is 16.3. The maximum Gasteiger partial charge on any atom is 0.280 e. The number of amides is 2. The Balaban J connectivity index is 0.000000184. The van der Waals surface area contributed by atoms with Crippen LogP contribution < -0.4 is 26.2 Å². The number of methoxy groups -OCH3 is 1. The van der Waals surface area contributed by atoms with Crippen molar-refractivity contribution >= 4 is 28.5 Å². The Morgan fingerprint density at radius 2 is 1.36 bits per heavy atom. The Morgan fingerprint density at radius 1 is 0.770 bits per heavy atom. The summed E-state index contributed by atoms with van der Waals surface area (Å²) in [5.41, 5.74) is 1.25.